The number of halogens is 2. The number of carbonyl (C=O) groups is 2. The highest BCUT2D eigenvalue weighted by molar-refractivity contribution is 9.11. The van der Waals surface area contributed by atoms with Gasteiger partial charge in [-0.3, -0.25) is 9.59 Å². The van der Waals surface area contributed by atoms with Crippen molar-refractivity contribution < 1.29 is 14.3 Å². The summed E-state index contributed by atoms with van der Waals surface area (Å²) in [5.41, 5.74) is 0.927. The Morgan fingerprint density at radius 2 is 1.88 bits per heavy atom. The van der Waals surface area contributed by atoms with Crippen molar-refractivity contribution in [1.29, 1.82) is 0 Å². The number of hydrogen-bond donors (Lipinski definition) is 2. The molecule has 1 aliphatic rings. The largest absolute Gasteiger partial charge is 0.483 e. The Bertz CT molecular complexity index is 807. The molecule has 5 nitrogen and oxygen atoms in total. The molecule has 0 unspecified atom stereocenters. The quantitative estimate of drug-likeness (QED) is 0.671. The van der Waals surface area contributed by atoms with E-state index >= 15 is 0 Å². The molecule has 2 aromatic carbocycles. The van der Waals surface area contributed by atoms with Crippen LogP contribution in [0.4, 0.5) is 5.69 Å². The maximum atomic E-state index is 12.2. The molecule has 0 saturated heterocycles. The van der Waals surface area contributed by atoms with E-state index in [1.807, 2.05) is 12.1 Å². The number of anilines is 1. The maximum absolute atomic E-state index is 12.2. The molecule has 1 fully saturated rings. The van der Waals surface area contributed by atoms with Crippen LogP contribution in [0.15, 0.2) is 51.4 Å². The van der Waals surface area contributed by atoms with Crippen molar-refractivity contribution in [3.63, 3.8) is 0 Å². The molecule has 2 N–H and O–H groups in total. The Morgan fingerprint density at radius 1 is 1.12 bits per heavy atom. The fourth-order valence-corrected chi connectivity index (χ4v) is 3.36. The second-order valence-corrected chi connectivity index (χ2v) is 7.47. The van der Waals surface area contributed by atoms with Gasteiger partial charge < -0.3 is 15.4 Å². The molecule has 7 heteroatoms. The third-order valence-corrected chi connectivity index (χ3v) is 4.72. The molecule has 0 aromatic heterocycles. The second kappa shape index (κ2) is 8.01. The zero-order valence-electron chi connectivity index (χ0n) is 13.2. The highest BCUT2D eigenvalue weighted by Gasteiger charge is 2.25. The first kappa shape index (κ1) is 17.9. The molecule has 2 amide bonds. The normalized spacial score (nSPS) is 13.2. The molecule has 0 heterocycles. The molecule has 0 radical (unpaired) electrons. The van der Waals surface area contributed by atoms with E-state index in [1.54, 1.807) is 30.3 Å². The standard InChI is InChI=1S/C18H16Br2N2O3/c19-11-5-8-16(14(20)9-11)25-10-17(23)22-15-4-2-1-3-13(15)18(24)21-12-6-7-12/h1-5,8-9,12H,6-7,10H2,(H,21,24)(H,22,23). The van der Waals surface area contributed by atoms with Gasteiger partial charge in [0.1, 0.15) is 5.75 Å². The summed E-state index contributed by atoms with van der Waals surface area (Å²) in [6, 6.07) is 12.6. The molecule has 0 atom stereocenters. The Kier molecular flexibility index (Phi) is 5.75. The first-order valence-electron chi connectivity index (χ1n) is 7.80. The van der Waals surface area contributed by atoms with E-state index < -0.39 is 0 Å². The molecule has 0 bridgehead atoms. The smallest absolute Gasteiger partial charge is 0.262 e. The van der Waals surface area contributed by atoms with E-state index in [4.69, 9.17) is 4.74 Å². The molecule has 2 aromatic rings. The lowest BCUT2D eigenvalue weighted by Crippen LogP contribution is -2.28. The van der Waals surface area contributed by atoms with Crippen molar-refractivity contribution in [2.45, 2.75) is 18.9 Å². The van der Waals surface area contributed by atoms with Crippen LogP contribution in [0.2, 0.25) is 0 Å². The Morgan fingerprint density at radius 3 is 2.60 bits per heavy atom. The van der Waals surface area contributed by atoms with Crippen LogP contribution in [0.5, 0.6) is 5.75 Å². The van der Waals surface area contributed by atoms with Gasteiger partial charge in [-0.2, -0.15) is 0 Å². The Balaban J connectivity index is 1.61. The van der Waals surface area contributed by atoms with Crippen molar-refractivity contribution in [2.75, 3.05) is 11.9 Å². The minimum absolute atomic E-state index is 0.154. The van der Waals surface area contributed by atoms with Gasteiger partial charge in [-0.1, -0.05) is 28.1 Å². The van der Waals surface area contributed by atoms with E-state index in [0.717, 1.165) is 21.8 Å². The molecular weight excluding hydrogens is 452 g/mol. The van der Waals surface area contributed by atoms with Crippen molar-refractivity contribution in [3.8, 4) is 5.75 Å². The van der Waals surface area contributed by atoms with Crippen LogP contribution in [0.3, 0.4) is 0 Å². The molecule has 25 heavy (non-hydrogen) atoms. The molecule has 0 aliphatic heterocycles. The van der Waals surface area contributed by atoms with Gasteiger partial charge in [0.2, 0.25) is 0 Å². The summed E-state index contributed by atoms with van der Waals surface area (Å²) < 4.78 is 7.18. The fourth-order valence-electron chi connectivity index (χ4n) is 2.20. The summed E-state index contributed by atoms with van der Waals surface area (Å²) in [6.45, 7) is -0.154. The van der Waals surface area contributed by atoms with Gasteiger partial charge in [-0.05, 0) is 59.1 Å². The number of hydrogen-bond acceptors (Lipinski definition) is 3. The zero-order chi connectivity index (χ0) is 17.8. The average molecular weight is 468 g/mol. The Labute approximate surface area is 162 Å². The van der Waals surface area contributed by atoms with Crippen molar-refractivity contribution in [1.82, 2.24) is 5.32 Å². The number of carbonyl (C=O) groups excluding carboxylic acids is 2. The van der Waals surface area contributed by atoms with Crippen LogP contribution in [0.25, 0.3) is 0 Å². The number of amides is 2. The van der Waals surface area contributed by atoms with Gasteiger partial charge in [0, 0.05) is 10.5 Å². The number of rotatable bonds is 6. The summed E-state index contributed by atoms with van der Waals surface area (Å²) in [7, 11) is 0. The highest BCUT2D eigenvalue weighted by atomic mass is 79.9. The summed E-state index contributed by atoms with van der Waals surface area (Å²) in [4.78, 5) is 24.4. The van der Waals surface area contributed by atoms with Crippen LogP contribution < -0.4 is 15.4 Å². The molecule has 1 saturated carbocycles. The predicted molar refractivity (Wildman–Crippen MR) is 103 cm³/mol. The lowest BCUT2D eigenvalue weighted by molar-refractivity contribution is -0.118. The van der Waals surface area contributed by atoms with E-state index in [1.165, 1.54) is 0 Å². The maximum Gasteiger partial charge on any atom is 0.262 e. The molecule has 3 rings (SSSR count). The van der Waals surface area contributed by atoms with Gasteiger partial charge in [-0.25, -0.2) is 0 Å². The van der Waals surface area contributed by atoms with Gasteiger partial charge in [0.15, 0.2) is 6.61 Å². The van der Waals surface area contributed by atoms with Gasteiger partial charge >= 0.3 is 0 Å². The molecule has 130 valence electrons. The SMILES string of the molecule is O=C(COc1ccc(Br)cc1Br)Nc1ccccc1C(=O)NC1CC1. The van der Waals surface area contributed by atoms with E-state index in [9.17, 15) is 9.59 Å². The second-order valence-electron chi connectivity index (χ2n) is 5.70. The minimum atomic E-state index is -0.332. The first-order valence-corrected chi connectivity index (χ1v) is 9.39. The fraction of sp³-hybridized carbons (Fsp3) is 0.222. The van der Waals surface area contributed by atoms with Crippen molar-refractivity contribution in [2.24, 2.45) is 0 Å². The number of benzene rings is 2. The number of nitrogens with one attached hydrogen (secondary N) is 2. The molecular formula is C18H16Br2N2O3. The van der Waals surface area contributed by atoms with E-state index in [2.05, 4.69) is 42.5 Å². The summed E-state index contributed by atoms with van der Waals surface area (Å²) >= 11 is 6.74. The Hall–Kier alpha value is -1.86. The first-order chi connectivity index (χ1) is 12.0. The minimum Gasteiger partial charge on any atom is -0.483 e. The highest BCUT2D eigenvalue weighted by Crippen LogP contribution is 2.28. The topological polar surface area (TPSA) is 67.4 Å². The van der Waals surface area contributed by atoms with Crippen LogP contribution in [0.1, 0.15) is 23.2 Å². The van der Waals surface area contributed by atoms with Gasteiger partial charge in [0.25, 0.3) is 11.8 Å². The van der Waals surface area contributed by atoms with Crippen molar-refractivity contribution >= 4 is 49.4 Å². The van der Waals surface area contributed by atoms with Crippen LogP contribution in [-0.2, 0) is 4.79 Å². The van der Waals surface area contributed by atoms with Gasteiger partial charge in [-0.15, -0.1) is 0 Å². The van der Waals surface area contributed by atoms with Crippen LogP contribution in [-0.4, -0.2) is 24.5 Å². The van der Waals surface area contributed by atoms with Crippen molar-refractivity contribution in [3.05, 3.63) is 57.0 Å². The summed E-state index contributed by atoms with van der Waals surface area (Å²) in [5, 5.41) is 5.66. The zero-order valence-corrected chi connectivity index (χ0v) is 16.4. The molecule has 0 spiro atoms. The number of para-hydroxylation sites is 1. The third kappa shape index (κ3) is 5.06. The summed E-state index contributed by atoms with van der Waals surface area (Å²) in [6.07, 6.45) is 2.02. The lowest BCUT2D eigenvalue weighted by Gasteiger charge is -2.12. The average Bonchev–Trinajstić information content (AvgIpc) is 3.38. The molecule has 1 aliphatic carbocycles. The third-order valence-electron chi connectivity index (χ3n) is 3.61. The number of ether oxygens (including phenoxy) is 1. The lowest BCUT2D eigenvalue weighted by atomic mass is 10.1. The van der Waals surface area contributed by atoms with Gasteiger partial charge in [0.05, 0.1) is 15.7 Å². The van der Waals surface area contributed by atoms with E-state index in [-0.39, 0.29) is 24.5 Å². The van der Waals surface area contributed by atoms with Crippen LogP contribution >= 0.6 is 31.9 Å². The predicted octanol–water partition coefficient (Wildman–Crippen LogP) is 4.12. The van der Waals surface area contributed by atoms with E-state index in [0.29, 0.717) is 17.0 Å². The van der Waals surface area contributed by atoms with Crippen LogP contribution in [0, 0.1) is 0 Å². The summed E-state index contributed by atoms with van der Waals surface area (Å²) in [5.74, 6) is 0.0644. The monoisotopic (exact) mass is 466 g/mol.